The minimum absolute atomic E-state index is 0.0512. The number of aryl methyl sites for hydroxylation is 1. The van der Waals surface area contributed by atoms with Crippen molar-refractivity contribution in [2.45, 2.75) is 19.8 Å². The summed E-state index contributed by atoms with van der Waals surface area (Å²) in [6.45, 7) is 3.48. The zero-order valence-corrected chi connectivity index (χ0v) is 19.7. The Bertz CT molecular complexity index is 1780. The van der Waals surface area contributed by atoms with Gasteiger partial charge in [-0.1, -0.05) is 36.4 Å². The van der Waals surface area contributed by atoms with Crippen LogP contribution in [0.15, 0.2) is 60.7 Å². The Morgan fingerprint density at radius 2 is 1.75 bits per heavy atom. The lowest BCUT2D eigenvalue weighted by molar-refractivity contribution is -0.120. The summed E-state index contributed by atoms with van der Waals surface area (Å²) in [5.41, 5.74) is 4.41. The summed E-state index contributed by atoms with van der Waals surface area (Å²) in [4.78, 5) is 20.5. The zero-order chi connectivity index (χ0) is 24.2. The summed E-state index contributed by atoms with van der Waals surface area (Å²) in [5.74, 6) is 1.67. The predicted molar refractivity (Wildman–Crippen MR) is 137 cm³/mol. The maximum Gasteiger partial charge on any atom is 0.227 e. The third-order valence-electron chi connectivity index (χ3n) is 7.13. The number of nitrogens with zero attached hydrogens (tertiary/aromatic N) is 8. The molecule has 0 atom stereocenters. The topological polar surface area (TPSA) is 106 Å². The van der Waals surface area contributed by atoms with Gasteiger partial charge in [0.05, 0.1) is 22.2 Å². The van der Waals surface area contributed by atoms with Gasteiger partial charge in [-0.25, -0.2) is 4.98 Å². The molecular formula is C26H23N9O. The predicted octanol–water partition coefficient (Wildman–Crippen LogP) is 3.64. The number of hydrogen-bond donors (Lipinski definition) is 1. The SMILES string of the molecule is Cc1nc2ccccc2c2c(NC(=O)C3CCN(c4ccc5nnnn5n4)CC3)c3ccccc3n12. The fourth-order valence-electron chi connectivity index (χ4n) is 5.36. The first kappa shape index (κ1) is 20.7. The first-order valence-corrected chi connectivity index (χ1v) is 12.1. The molecular weight excluding hydrogens is 454 g/mol. The number of hydrogen-bond acceptors (Lipinski definition) is 7. The third-order valence-corrected chi connectivity index (χ3v) is 7.13. The second kappa shape index (κ2) is 7.98. The monoisotopic (exact) mass is 477 g/mol. The van der Waals surface area contributed by atoms with Gasteiger partial charge in [0, 0.05) is 29.8 Å². The molecule has 1 N–H and O–H groups in total. The summed E-state index contributed by atoms with van der Waals surface area (Å²) in [5, 5.41) is 21.3. The molecule has 5 heterocycles. The van der Waals surface area contributed by atoms with E-state index in [1.807, 2.05) is 49.4 Å². The largest absolute Gasteiger partial charge is 0.355 e. The van der Waals surface area contributed by atoms with E-state index in [0.717, 1.165) is 70.6 Å². The van der Waals surface area contributed by atoms with E-state index in [9.17, 15) is 4.79 Å². The molecule has 1 aliphatic rings. The second-order valence-corrected chi connectivity index (χ2v) is 9.22. The summed E-state index contributed by atoms with van der Waals surface area (Å²) in [6, 6.07) is 20.0. The van der Waals surface area contributed by atoms with Crippen molar-refractivity contribution in [1.29, 1.82) is 0 Å². The van der Waals surface area contributed by atoms with Crippen LogP contribution in [0, 0.1) is 12.8 Å². The Labute approximate surface area is 205 Å². The molecule has 0 spiro atoms. The van der Waals surface area contributed by atoms with Crippen LogP contribution in [0.25, 0.3) is 33.0 Å². The van der Waals surface area contributed by atoms with Crippen LogP contribution < -0.4 is 10.2 Å². The van der Waals surface area contributed by atoms with Crippen LogP contribution in [-0.4, -0.2) is 53.6 Å². The minimum atomic E-state index is -0.0825. The van der Waals surface area contributed by atoms with Crippen molar-refractivity contribution in [2.24, 2.45) is 5.92 Å². The van der Waals surface area contributed by atoms with Crippen molar-refractivity contribution >= 4 is 50.4 Å². The molecule has 0 saturated carbocycles. The number of rotatable bonds is 3. The highest BCUT2D eigenvalue weighted by atomic mass is 16.1. The van der Waals surface area contributed by atoms with Crippen LogP contribution in [0.5, 0.6) is 0 Å². The number of anilines is 2. The molecule has 4 aromatic heterocycles. The van der Waals surface area contributed by atoms with E-state index in [1.165, 1.54) is 4.63 Å². The number of benzene rings is 2. The molecule has 0 bridgehead atoms. The fourth-order valence-corrected chi connectivity index (χ4v) is 5.36. The molecule has 10 heteroatoms. The molecule has 0 unspecified atom stereocenters. The van der Waals surface area contributed by atoms with Crippen molar-refractivity contribution in [3.8, 4) is 0 Å². The van der Waals surface area contributed by atoms with Gasteiger partial charge in [0.15, 0.2) is 11.5 Å². The van der Waals surface area contributed by atoms with Crippen molar-refractivity contribution < 1.29 is 4.79 Å². The lowest BCUT2D eigenvalue weighted by Gasteiger charge is -2.31. The zero-order valence-electron chi connectivity index (χ0n) is 19.7. The van der Waals surface area contributed by atoms with Gasteiger partial charge >= 0.3 is 0 Å². The van der Waals surface area contributed by atoms with Crippen molar-refractivity contribution in [3.63, 3.8) is 0 Å². The van der Waals surface area contributed by atoms with Gasteiger partial charge in [-0.15, -0.1) is 14.8 Å². The highest BCUT2D eigenvalue weighted by molar-refractivity contribution is 6.16. The molecule has 10 nitrogen and oxygen atoms in total. The summed E-state index contributed by atoms with van der Waals surface area (Å²) >= 11 is 0. The van der Waals surface area contributed by atoms with E-state index in [-0.39, 0.29) is 11.8 Å². The molecule has 2 aromatic carbocycles. The van der Waals surface area contributed by atoms with Crippen molar-refractivity contribution in [3.05, 3.63) is 66.5 Å². The van der Waals surface area contributed by atoms with Crippen molar-refractivity contribution in [1.82, 2.24) is 34.6 Å². The second-order valence-electron chi connectivity index (χ2n) is 9.22. The third kappa shape index (κ3) is 3.18. The van der Waals surface area contributed by atoms with Crippen LogP contribution in [0.2, 0.25) is 0 Å². The average Bonchev–Trinajstić information content (AvgIpc) is 3.52. The molecule has 0 aliphatic carbocycles. The summed E-state index contributed by atoms with van der Waals surface area (Å²) in [6.07, 6.45) is 1.48. The van der Waals surface area contributed by atoms with Gasteiger partial charge in [-0.3, -0.25) is 9.20 Å². The maximum atomic E-state index is 13.6. The standard InChI is InChI=1S/C26H23N9O/c1-16-27-20-8-4-2-6-18(20)25-24(19-7-3-5-9-21(19)34(16)25)28-26(36)17-12-14-33(15-13-17)23-11-10-22-29-31-32-35(22)30-23/h2-11,17H,12-15H2,1H3,(H,28,36). The number of fused-ring (bicyclic) bond motifs is 6. The van der Waals surface area contributed by atoms with Gasteiger partial charge in [0.2, 0.25) is 5.91 Å². The number of amides is 1. The van der Waals surface area contributed by atoms with Gasteiger partial charge < -0.3 is 10.2 Å². The summed E-state index contributed by atoms with van der Waals surface area (Å²) in [7, 11) is 0. The van der Waals surface area contributed by atoms with Gasteiger partial charge in [0.25, 0.3) is 0 Å². The fraction of sp³-hybridized carbons (Fsp3) is 0.231. The van der Waals surface area contributed by atoms with Crippen LogP contribution in [0.1, 0.15) is 18.7 Å². The van der Waals surface area contributed by atoms with E-state index < -0.39 is 0 Å². The number of nitrogens with one attached hydrogen (secondary N) is 1. The first-order valence-electron chi connectivity index (χ1n) is 12.1. The Morgan fingerprint density at radius 3 is 2.61 bits per heavy atom. The molecule has 1 fully saturated rings. The van der Waals surface area contributed by atoms with Crippen LogP contribution >= 0.6 is 0 Å². The number of carbonyl (C=O) groups excluding carboxylic acids is 1. The van der Waals surface area contributed by atoms with Crippen molar-refractivity contribution in [2.75, 3.05) is 23.3 Å². The van der Waals surface area contributed by atoms with E-state index in [4.69, 9.17) is 4.98 Å². The molecule has 1 saturated heterocycles. The van der Waals surface area contributed by atoms with Gasteiger partial charge in [-0.2, -0.15) is 0 Å². The summed E-state index contributed by atoms with van der Waals surface area (Å²) < 4.78 is 3.58. The molecule has 6 aromatic rings. The number of aromatic nitrogens is 7. The highest BCUT2D eigenvalue weighted by Gasteiger charge is 2.28. The Kier molecular flexibility index (Phi) is 4.60. The highest BCUT2D eigenvalue weighted by Crippen LogP contribution is 2.37. The maximum absolute atomic E-state index is 13.6. The molecule has 0 radical (unpaired) electrons. The quantitative estimate of drug-likeness (QED) is 0.415. The van der Waals surface area contributed by atoms with Crippen LogP contribution in [-0.2, 0) is 4.79 Å². The Balaban J connectivity index is 1.20. The number of carbonyl (C=O) groups is 1. The minimum Gasteiger partial charge on any atom is -0.355 e. The van der Waals surface area contributed by atoms with Gasteiger partial charge in [0.1, 0.15) is 5.82 Å². The molecule has 7 rings (SSSR count). The first-order chi connectivity index (χ1) is 17.7. The Hall–Kier alpha value is -4.60. The van der Waals surface area contributed by atoms with Crippen LogP contribution in [0.4, 0.5) is 11.5 Å². The van der Waals surface area contributed by atoms with E-state index >= 15 is 0 Å². The van der Waals surface area contributed by atoms with E-state index in [0.29, 0.717) is 5.65 Å². The lowest BCUT2D eigenvalue weighted by Crippen LogP contribution is -2.38. The smallest absolute Gasteiger partial charge is 0.227 e. The number of tetrazole rings is 1. The lowest BCUT2D eigenvalue weighted by atomic mass is 9.95. The van der Waals surface area contributed by atoms with E-state index in [1.54, 1.807) is 0 Å². The average molecular weight is 478 g/mol. The Morgan fingerprint density at radius 1 is 0.972 bits per heavy atom. The molecule has 1 amide bonds. The van der Waals surface area contributed by atoms with E-state index in [2.05, 4.69) is 53.4 Å². The van der Waals surface area contributed by atoms with Crippen LogP contribution in [0.3, 0.4) is 0 Å². The molecule has 36 heavy (non-hydrogen) atoms. The van der Waals surface area contributed by atoms with Gasteiger partial charge in [-0.05, 0) is 54.5 Å². The molecule has 178 valence electrons. The normalized spacial score (nSPS) is 14.9. The number of piperidine rings is 1. The molecule has 1 aliphatic heterocycles. The number of para-hydroxylation sites is 2.